The fraction of sp³-hybridized carbons (Fsp3) is 0.267. The summed E-state index contributed by atoms with van der Waals surface area (Å²) in [6.07, 6.45) is 0.893. The zero-order chi connectivity index (χ0) is 11.9. The van der Waals surface area contributed by atoms with E-state index in [1.165, 1.54) is 5.39 Å². The Kier molecular flexibility index (Phi) is 4.12. The van der Waals surface area contributed by atoms with Gasteiger partial charge in [-0.05, 0) is 19.1 Å². The lowest BCUT2D eigenvalue weighted by atomic mass is 10.2. The van der Waals surface area contributed by atoms with E-state index < -0.39 is 0 Å². The predicted octanol–water partition coefficient (Wildman–Crippen LogP) is 2.74. The summed E-state index contributed by atoms with van der Waals surface area (Å²) in [7, 11) is 0. The van der Waals surface area contributed by atoms with Gasteiger partial charge in [-0.1, -0.05) is 24.3 Å². The number of rotatable bonds is 4. The van der Waals surface area contributed by atoms with E-state index in [9.17, 15) is 0 Å². The summed E-state index contributed by atoms with van der Waals surface area (Å²) >= 11 is 0. The van der Waals surface area contributed by atoms with Crippen molar-refractivity contribution in [2.24, 2.45) is 0 Å². The van der Waals surface area contributed by atoms with Gasteiger partial charge in [0.25, 0.3) is 0 Å². The van der Waals surface area contributed by atoms with Crippen LogP contribution in [0.5, 0.6) is 0 Å². The molecule has 0 radical (unpaired) electrons. The van der Waals surface area contributed by atoms with Gasteiger partial charge in [0.05, 0.1) is 11.2 Å². The molecule has 1 heterocycles. The summed E-state index contributed by atoms with van der Waals surface area (Å²) in [6.45, 7) is 3.58. The SMILES string of the molecule is CC#CCCNCc1ccc2ccccc2n1. The monoisotopic (exact) mass is 224 g/mol. The minimum atomic E-state index is 0.802. The van der Waals surface area contributed by atoms with E-state index >= 15 is 0 Å². The van der Waals surface area contributed by atoms with Crippen molar-refractivity contribution in [2.45, 2.75) is 19.9 Å². The van der Waals surface area contributed by atoms with Crippen LogP contribution in [0.2, 0.25) is 0 Å². The third-order valence-electron chi connectivity index (χ3n) is 2.57. The molecule has 86 valence electrons. The van der Waals surface area contributed by atoms with E-state index in [1.54, 1.807) is 0 Å². The number of pyridine rings is 1. The zero-order valence-electron chi connectivity index (χ0n) is 10.0. The van der Waals surface area contributed by atoms with Gasteiger partial charge < -0.3 is 5.32 Å². The molecule has 0 fully saturated rings. The maximum absolute atomic E-state index is 4.59. The number of nitrogens with zero attached hydrogens (tertiary/aromatic N) is 1. The smallest absolute Gasteiger partial charge is 0.0705 e. The van der Waals surface area contributed by atoms with Gasteiger partial charge >= 0.3 is 0 Å². The Balaban J connectivity index is 1.96. The molecule has 0 amide bonds. The molecule has 1 aromatic heterocycles. The first kappa shape index (κ1) is 11.6. The largest absolute Gasteiger partial charge is 0.310 e. The van der Waals surface area contributed by atoms with Crippen LogP contribution in [0.4, 0.5) is 0 Å². The Bertz CT molecular complexity index is 549. The Labute approximate surface area is 102 Å². The van der Waals surface area contributed by atoms with E-state index in [-0.39, 0.29) is 0 Å². The van der Waals surface area contributed by atoms with Gasteiger partial charge in [-0.25, -0.2) is 0 Å². The molecular weight excluding hydrogens is 208 g/mol. The van der Waals surface area contributed by atoms with Crippen LogP contribution in [-0.2, 0) is 6.54 Å². The molecule has 1 N–H and O–H groups in total. The molecule has 2 aromatic rings. The van der Waals surface area contributed by atoms with Gasteiger partial charge in [-0.15, -0.1) is 11.8 Å². The Morgan fingerprint density at radius 1 is 1.18 bits per heavy atom. The second kappa shape index (κ2) is 6.03. The summed E-state index contributed by atoms with van der Waals surface area (Å²) in [6, 6.07) is 12.4. The van der Waals surface area contributed by atoms with E-state index in [2.05, 4.69) is 40.3 Å². The molecule has 1 aromatic carbocycles. The summed E-state index contributed by atoms with van der Waals surface area (Å²) < 4.78 is 0. The highest BCUT2D eigenvalue weighted by atomic mass is 14.9. The summed E-state index contributed by atoms with van der Waals surface area (Å²) in [4.78, 5) is 4.59. The molecule has 0 saturated heterocycles. The maximum Gasteiger partial charge on any atom is 0.0705 e. The summed E-state index contributed by atoms with van der Waals surface area (Å²) in [5, 5.41) is 4.52. The number of para-hydroxylation sites is 1. The van der Waals surface area contributed by atoms with Crippen LogP contribution in [0.25, 0.3) is 10.9 Å². The minimum absolute atomic E-state index is 0.802. The van der Waals surface area contributed by atoms with Crippen LogP contribution >= 0.6 is 0 Å². The zero-order valence-corrected chi connectivity index (χ0v) is 10.0. The van der Waals surface area contributed by atoms with E-state index in [1.807, 2.05) is 25.1 Å². The summed E-state index contributed by atoms with van der Waals surface area (Å²) in [5.41, 5.74) is 2.13. The molecule has 0 unspecified atom stereocenters. The molecule has 17 heavy (non-hydrogen) atoms. The molecule has 0 aliphatic carbocycles. The van der Waals surface area contributed by atoms with Crippen LogP contribution in [0, 0.1) is 11.8 Å². The van der Waals surface area contributed by atoms with Crippen molar-refractivity contribution in [3.63, 3.8) is 0 Å². The van der Waals surface area contributed by atoms with Crippen molar-refractivity contribution in [1.29, 1.82) is 0 Å². The van der Waals surface area contributed by atoms with Crippen LogP contribution in [0.15, 0.2) is 36.4 Å². The van der Waals surface area contributed by atoms with Crippen molar-refractivity contribution in [1.82, 2.24) is 10.3 Å². The highest BCUT2D eigenvalue weighted by molar-refractivity contribution is 5.78. The Hall–Kier alpha value is -1.85. The van der Waals surface area contributed by atoms with E-state index in [0.29, 0.717) is 0 Å². The van der Waals surface area contributed by atoms with E-state index in [0.717, 1.165) is 30.7 Å². The third kappa shape index (κ3) is 3.30. The highest BCUT2D eigenvalue weighted by Crippen LogP contribution is 2.11. The first-order valence-corrected chi connectivity index (χ1v) is 5.85. The second-order valence-electron chi connectivity index (χ2n) is 3.85. The van der Waals surface area contributed by atoms with Gasteiger partial charge in [0.15, 0.2) is 0 Å². The lowest BCUT2D eigenvalue weighted by molar-refractivity contribution is 0.689. The third-order valence-corrected chi connectivity index (χ3v) is 2.57. The predicted molar refractivity (Wildman–Crippen MR) is 71.5 cm³/mol. The topological polar surface area (TPSA) is 24.9 Å². The fourth-order valence-corrected chi connectivity index (χ4v) is 1.70. The number of aromatic nitrogens is 1. The summed E-state index contributed by atoms with van der Waals surface area (Å²) in [5.74, 6) is 5.92. The quantitative estimate of drug-likeness (QED) is 0.638. The molecule has 0 spiro atoms. The molecule has 0 bridgehead atoms. The number of hydrogen-bond donors (Lipinski definition) is 1. The van der Waals surface area contributed by atoms with Gasteiger partial charge in [0, 0.05) is 24.9 Å². The molecular formula is C15H16N2. The first-order valence-electron chi connectivity index (χ1n) is 5.85. The van der Waals surface area contributed by atoms with Crippen molar-refractivity contribution in [3.8, 4) is 11.8 Å². The molecule has 0 atom stereocenters. The fourth-order valence-electron chi connectivity index (χ4n) is 1.70. The molecule has 2 rings (SSSR count). The lowest BCUT2D eigenvalue weighted by Gasteiger charge is -2.03. The van der Waals surface area contributed by atoms with Gasteiger partial charge in [-0.2, -0.15) is 0 Å². The Morgan fingerprint density at radius 2 is 2.06 bits per heavy atom. The maximum atomic E-state index is 4.59. The number of hydrogen-bond acceptors (Lipinski definition) is 2. The number of fused-ring (bicyclic) bond motifs is 1. The normalized spacial score (nSPS) is 9.94. The average molecular weight is 224 g/mol. The highest BCUT2D eigenvalue weighted by Gasteiger charge is 1.96. The standard InChI is InChI=1S/C15H16N2/c1-2-3-6-11-16-12-14-10-9-13-7-4-5-8-15(13)17-14/h4-5,7-10,16H,6,11-12H2,1H3. The van der Waals surface area contributed by atoms with Crippen molar-refractivity contribution in [2.75, 3.05) is 6.54 Å². The van der Waals surface area contributed by atoms with Gasteiger partial charge in [0.2, 0.25) is 0 Å². The van der Waals surface area contributed by atoms with Crippen LogP contribution in [-0.4, -0.2) is 11.5 Å². The second-order valence-corrected chi connectivity index (χ2v) is 3.85. The van der Waals surface area contributed by atoms with Gasteiger partial charge in [0.1, 0.15) is 0 Å². The van der Waals surface area contributed by atoms with Crippen molar-refractivity contribution >= 4 is 10.9 Å². The average Bonchev–Trinajstić information content (AvgIpc) is 2.38. The van der Waals surface area contributed by atoms with Crippen molar-refractivity contribution < 1.29 is 0 Å². The van der Waals surface area contributed by atoms with Crippen molar-refractivity contribution in [3.05, 3.63) is 42.1 Å². The van der Waals surface area contributed by atoms with Crippen LogP contribution < -0.4 is 5.32 Å². The lowest BCUT2D eigenvalue weighted by Crippen LogP contribution is -2.15. The molecule has 2 heteroatoms. The number of nitrogens with one attached hydrogen (secondary N) is 1. The molecule has 0 aliphatic rings. The Morgan fingerprint density at radius 3 is 2.94 bits per heavy atom. The molecule has 2 nitrogen and oxygen atoms in total. The van der Waals surface area contributed by atoms with Gasteiger partial charge in [-0.3, -0.25) is 4.98 Å². The van der Waals surface area contributed by atoms with Crippen LogP contribution in [0.1, 0.15) is 19.0 Å². The number of benzene rings is 1. The minimum Gasteiger partial charge on any atom is -0.310 e. The van der Waals surface area contributed by atoms with E-state index in [4.69, 9.17) is 0 Å². The first-order chi connectivity index (χ1) is 8.40. The van der Waals surface area contributed by atoms with Crippen LogP contribution in [0.3, 0.4) is 0 Å². The molecule has 0 aliphatic heterocycles. The molecule has 0 saturated carbocycles.